The van der Waals surface area contributed by atoms with E-state index in [-0.39, 0.29) is 5.91 Å². The number of nitrogens with one attached hydrogen (secondary N) is 2. The van der Waals surface area contributed by atoms with Crippen molar-refractivity contribution in [2.75, 3.05) is 5.32 Å². The third-order valence-electron chi connectivity index (χ3n) is 6.15. The monoisotopic (exact) mass is 454 g/mol. The smallest absolute Gasteiger partial charge is 0.259 e. The highest BCUT2D eigenvalue weighted by Crippen LogP contribution is 2.44. The van der Waals surface area contributed by atoms with E-state index in [2.05, 4.69) is 20.4 Å². The number of fused-ring (bicyclic) bond motifs is 2. The summed E-state index contributed by atoms with van der Waals surface area (Å²) in [6.45, 7) is 1.89. The van der Waals surface area contributed by atoms with E-state index in [0.29, 0.717) is 11.4 Å². The molecule has 6 rings (SSSR count). The fraction of sp³-hybridized carbons (Fsp3) is 0.200. The van der Waals surface area contributed by atoms with Crippen LogP contribution >= 0.6 is 11.3 Å². The molecule has 0 fully saturated rings. The van der Waals surface area contributed by atoms with Gasteiger partial charge in [-0.1, -0.05) is 18.2 Å². The molecule has 0 saturated heterocycles. The number of carbonyl (C=O) groups excluding carboxylic acids is 1. The Labute approximate surface area is 194 Å². The van der Waals surface area contributed by atoms with Gasteiger partial charge in [-0.25, -0.2) is 14.6 Å². The summed E-state index contributed by atoms with van der Waals surface area (Å²) in [6, 6.07) is 13.6. The summed E-state index contributed by atoms with van der Waals surface area (Å²) >= 11 is 1.67. The summed E-state index contributed by atoms with van der Waals surface area (Å²) in [6.07, 6.45) is 7.70. The molecule has 8 heteroatoms. The molecule has 0 bridgehead atoms. The van der Waals surface area contributed by atoms with E-state index in [9.17, 15) is 4.79 Å². The van der Waals surface area contributed by atoms with Crippen LogP contribution in [0.2, 0.25) is 0 Å². The number of nitrogens with zero attached hydrogens (tertiary/aromatic N) is 4. The van der Waals surface area contributed by atoms with Gasteiger partial charge in [0.2, 0.25) is 0 Å². The third-order valence-corrected chi connectivity index (χ3v) is 7.35. The summed E-state index contributed by atoms with van der Waals surface area (Å²) in [4.78, 5) is 27.3. The van der Waals surface area contributed by atoms with Crippen LogP contribution in [-0.4, -0.2) is 30.6 Å². The van der Waals surface area contributed by atoms with E-state index in [0.717, 1.165) is 52.4 Å². The second kappa shape index (κ2) is 7.97. The molecule has 1 amide bonds. The van der Waals surface area contributed by atoms with E-state index in [1.807, 2.05) is 49.4 Å². The van der Waals surface area contributed by atoms with Crippen molar-refractivity contribution in [2.24, 2.45) is 0 Å². The molecule has 0 aliphatic heterocycles. The zero-order valence-corrected chi connectivity index (χ0v) is 18.9. The number of amides is 1. The van der Waals surface area contributed by atoms with Gasteiger partial charge >= 0.3 is 0 Å². The van der Waals surface area contributed by atoms with Gasteiger partial charge < -0.3 is 10.3 Å². The molecule has 2 N–H and O–H groups in total. The van der Waals surface area contributed by atoms with Gasteiger partial charge in [-0.3, -0.25) is 4.79 Å². The fourth-order valence-corrected chi connectivity index (χ4v) is 5.77. The van der Waals surface area contributed by atoms with Crippen molar-refractivity contribution >= 4 is 33.3 Å². The number of anilines is 1. The van der Waals surface area contributed by atoms with Crippen molar-refractivity contribution in [1.29, 1.82) is 0 Å². The standard InChI is InChI=1S/C25H22N6OS/c1-15-17(14-27-31(15)21-12-6-7-13-26-21)24(32)30-25-22(16-8-2-5-11-20(16)33-25)23-28-18-9-3-4-10-19(18)29-23/h3-4,6-7,9-10,12-14H,2,5,8,11H2,1H3,(H,28,29)(H,30,32). The van der Waals surface area contributed by atoms with Crippen LogP contribution in [0.25, 0.3) is 28.2 Å². The Hall–Kier alpha value is -3.78. The summed E-state index contributed by atoms with van der Waals surface area (Å²) in [5.41, 5.74) is 5.52. The molecular formula is C25H22N6OS. The summed E-state index contributed by atoms with van der Waals surface area (Å²) in [5.74, 6) is 1.32. The van der Waals surface area contributed by atoms with Crippen LogP contribution in [0.1, 0.15) is 39.3 Å². The minimum absolute atomic E-state index is 0.175. The number of aromatic nitrogens is 5. The van der Waals surface area contributed by atoms with E-state index in [1.165, 1.54) is 16.9 Å². The second-order valence-corrected chi connectivity index (χ2v) is 9.32. The van der Waals surface area contributed by atoms with Crippen molar-refractivity contribution in [3.8, 4) is 17.2 Å². The van der Waals surface area contributed by atoms with Crippen molar-refractivity contribution in [1.82, 2.24) is 24.7 Å². The number of benzene rings is 1. The number of aryl methyl sites for hydroxylation is 1. The van der Waals surface area contributed by atoms with Crippen molar-refractivity contribution in [3.05, 3.63) is 76.6 Å². The third kappa shape index (κ3) is 3.43. The number of hydrogen-bond acceptors (Lipinski definition) is 5. The maximum Gasteiger partial charge on any atom is 0.259 e. The Morgan fingerprint density at radius 2 is 1.97 bits per heavy atom. The van der Waals surface area contributed by atoms with Crippen LogP contribution in [-0.2, 0) is 12.8 Å². The number of hydrogen-bond donors (Lipinski definition) is 2. The molecule has 4 aromatic heterocycles. The molecule has 33 heavy (non-hydrogen) atoms. The topological polar surface area (TPSA) is 88.5 Å². The molecule has 0 spiro atoms. The minimum Gasteiger partial charge on any atom is -0.338 e. The highest BCUT2D eigenvalue weighted by atomic mass is 32.1. The number of pyridine rings is 1. The molecule has 7 nitrogen and oxygen atoms in total. The molecular weight excluding hydrogens is 432 g/mol. The Kier molecular flexibility index (Phi) is 4.80. The first-order chi connectivity index (χ1) is 16.2. The normalized spacial score (nSPS) is 13.2. The van der Waals surface area contributed by atoms with E-state index < -0.39 is 0 Å². The summed E-state index contributed by atoms with van der Waals surface area (Å²) in [7, 11) is 0. The summed E-state index contributed by atoms with van der Waals surface area (Å²) in [5, 5.41) is 8.42. The van der Waals surface area contributed by atoms with Crippen LogP contribution < -0.4 is 5.32 Å². The van der Waals surface area contributed by atoms with Gasteiger partial charge in [-0.05, 0) is 62.4 Å². The maximum absolute atomic E-state index is 13.3. The molecule has 1 aliphatic carbocycles. The number of thiophene rings is 1. The van der Waals surface area contributed by atoms with Crippen molar-refractivity contribution in [3.63, 3.8) is 0 Å². The first kappa shape index (κ1) is 19.9. The number of aromatic amines is 1. The lowest BCUT2D eigenvalue weighted by Gasteiger charge is -2.12. The molecule has 0 saturated carbocycles. The van der Waals surface area contributed by atoms with Crippen molar-refractivity contribution < 1.29 is 4.79 Å². The predicted molar refractivity (Wildman–Crippen MR) is 130 cm³/mol. The average Bonchev–Trinajstić information content (AvgIpc) is 3.53. The first-order valence-electron chi connectivity index (χ1n) is 11.1. The minimum atomic E-state index is -0.175. The molecule has 1 aliphatic rings. The Bertz CT molecular complexity index is 1450. The number of imidazole rings is 1. The molecule has 5 aromatic rings. The van der Waals surface area contributed by atoms with Gasteiger partial charge in [0, 0.05) is 11.1 Å². The van der Waals surface area contributed by atoms with E-state index in [1.54, 1.807) is 28.4 Å². The predicted octanol–water partition coefficient (Wildman–Crippen LogP) is 5.31. The summed E-state index contributed by atoms with van der Waals surface area (Å²) < 4.78 is 1.69. The lowest BCUT2D eigenvalue weighted by Crippen LogP contribution is -2.13. The Morgan fingerprint density at radius 3 is 2.82 bits per heavy atom. The van der Waals surface area contributed by atoms with Gasteiger partial charge in [0.15, 0.2) is 5.82 Å². The van der Waals surface area contributed by atoms with Crippen LogP contribution in [0, 0.1) is 6.92 Å². The van der Waals surface area contributed by atoms with Gasteiger partial charge in [0.25, 0.3) is 5.91 Å². The lowest BCUT2D eigenvalue weighted by molar-refractivity contribution is 0.102. The number of rotatable bonds is 4. The SMILES string of the molecule is Cc1c(C(=O)Nc2sc3c(c2-c2nc4ccccc4[nH]2)CCCC3)cnn1-c1ccccn1. The fourth-order valence-electron chi connectivity index (χ4n) is 4.49. The highest BCUT2D eigenvalue weighted by Gasteiger charge is 2.26. The van der Waals surface area contributed by atoms with Crippen LogP contribution in [0.15, 0.2) is 54.9 Å². The molecule has 0 atom stereocenters. The van der Waals surface area contributed by atoms with Gasteiger partial charge in [-0.15, -0.1) is 11.3 Å². The zero-order valence-electron chi connectivity index (χ0n) is 18.1. The quantitative estimate of drug-likeness (QED) is 0.385. The number of para-hydroxylation sites is 2. The molecule has 164 valence electrons. The average molecular weight is 455 g/mol. The molecule has 0 unspecified atom stereocenters. The highest BCUT2D eigenvalue weighted by molar-refractivity contribution is 7.17. The van der Waals surface area contributed by atoms with Crippen LogP contribution in [0.4, 0.5) is 5.00 Å². The van der Waals surface area contributed by atoms with Gasteiger partial charge in [-0.2, -0.15) is 5.10 Å². The Balaban J connectivity index is 1.39. The first-order valence-corrected chi connectivity index (χ1v) is 11.9. The second-order valence-electron chi connectivity index (χ2n) is 8.22. The molecule has 4 heterocycles. The largest absolute Gasteiger partial charge is 0.338 e. The number of carbonyl (C=O) groups is 1. The van der Waals surface area contributed by atoms with Crippen LogP contribution in [0.3, 0.4) is 0 Å². The van der Waals surface area contributed by atoms with E-state index >= 15 is 0 Å². The van der Waals surface area contributed by atoms with E-state index in [4.69, 9.17) is 4.98 Å². The van der Waals surface area contributed by atoms with Gasteiger partial charge in [0.05, 0.1) is 34.1 Å². The molecule has 1 aromatic carbocycles. The zero-order chi connectivity index (χ0) is 22.4. The number of H-pyrrole nitrogens is 1. The molecule has 0 radical (unpaired) electrons. The Morgan fingerprint density at radius 1 is 1.12 bits per heavy atom. The lowest BCUT2D eigenvalue weighted by atomic mass is 9.95. The van der Waals surface area contributed by atoms with Crippen molar-refractivity contribution in [2.45, 2.75) is 32.6 Å². The van der Waals surface area contributed by atoms with Crippen LogP contribution in [0.5, 0.6) is 0 Å². The maximum atomic E-state index is 13.3. The van der Waals surface area contributed by atoms with Gasteiger partial charge in [0.1, 0.15) is 10.8 Å².